The van der Waals surface area contributed by atoms with Crippen molar-refractivity contribution in [2.24, 2.45) is 5.92 Å². The number of anilines is 1. The average Bonchev–Trinajstić information content (AvgIpc) is 2.46. The minimum Gasteiger partial charge on any atom is -0.326 e. The molecule has 0 bridgehead atoms. The molecule has 1 atom stereocenters. The molecule has 1 aromatic carbocycles. The molecule has 0 heterocycles. The Kier molecular flexibility index (Phi) is 6.90. The fourth-order valence-corrected chi connectivity index (χ4v) is 2.05. The van der Waals surface area contributed by atoms with Gasteiger partial charge in [0.1, 0.15) is 0 Å². The summed E-state index contributed by atoms with van der Waals surface area (Å²) < 4.78 is 0. The first-order chi connectivity index (χ1) is 9.93. The summed E-state index contributed by atoms with van der Waals surface area (Å²) in [4.78, 5) is 14.1. The molecule has 1 N–H and O–H groups in total. The van der Waals surface area contributed by atoms with Crippen molar-refractivity contribution >= 4 is 11.6 Å². The highest BCUT2D eigenvalue weighted by Gasteiger charge is 2.13. The monoisotopic (exact) mass is 287 g/mol. The van der Waals surface area contributed by atoms with Crippen LogP contribution in [0.1, 0.15) is 39.2 Å². The highest BCUT2D eigenvalue weighted by Crippen LogP contribution is 2.11. The van der Waals surface area contributed by atoms with E-state index < -0.39 is 0 Å². The highest BCUT2D eigenvalue weighted by molar-refractivity contribution is 5.90. The zero-order valence-corrected chi connectivity index (χ0v) is 13.4. The Hall–Kier alpha value is -1.86. The number of nitrogens with one attached hydrogen (secondary N) is 1. The molecule has 4 nitrogen and oxygen atoms in total. The first kappa shape index (κ1) is 17.2. The number of nitriles is 1. The van der Waals surface area contributed by atoms with E-state index in [1.54, 1.807) is 24.3 Å². The lowest BCUT2D eigenvalue weighted by atomic mass is 10.1. The van der Waals surface area contributed by atoms with Gasteiger partial charge in [-0.2, -0.15) is 5.26 Å². The Morgan fingerprint density at radius 1 is 1.29 bits per heavy atom. The molecule has 1 unspecified atom stereocenters. The second kappa shape index (κ2) is 8.43. The maximum absolute atomic E-state index is 11.9. The molecule has 0 aromatic heterocycles. The normalized spacial score (nSPS) is 12.2. The summed E-state index contributed by atoms with van der Waals surface area (Å²) >= 11 is 0. The van der Waals surface area contributed by atoms with Crippen LogP contribution in [0.4, 0.5) is 5.69 Å². The first-order valence-electron chi connectivity index (χ1n) is 7.44. The molecule has 0 fully saturated rings. The molecule has 21 heavy (non-hydrogen) atoms. The molecule has 1 rings (SSSR count). The molecule has 114 valence electrons. The van der Waals surface area contributed by atoms with Crippen LogP contribution in [-0.2, 0) is 4.79 Å². The number of carbonyl (C=O) groups excluding carboxylic acids is 1. The van der Waals surface area contributed by atoms with E-state index in [0.29, 0.717) is 23.9 Å². The summed E-state index contributed by atoms with van der Waals surface area (Å²) in [5.74, 6) is 0.632. The zero-order valence-electron chi connectivity index (χ0n) is 13.4. The topological polar surface area (TPSA) is 56.1 Å². The van der Waals surface area contributed by atoms with Crippen LogP contribution >= 0.6 is 0 Å². The standard InChI is InChI=1S/C17H25N3O/c1-13(2)14(3)20(4)11-5-6-17(21)19-16-9-7-15(12-18)8-10-16/h7-10,13-14H,5-6,11H2,1-4H3,(H,19,21). The van der Waals surface area contributed by atoms with Gasteiger partial charge >= 0.3 is 0 Å². The quantitative estimate of drug-likeness (QED) is 0.837. The summed E-state index contributed by atoms with van der Waals surface area (Å²) in [6.45, 7) is 7.54. The Balaban J connectivity index is 2.32. The maximum Gasteiger partial charge on any atom is 0.224 e. The fourth-order valence-electron chi connectivity index (χ4n) is 2.05. The third-order valence-corrected chi connectivity index (χ3v) is 3.87. The molecule has 0 spiro atoms. The molecular formula is C17H25N3O. The Morgan fingerprint density at radius 3 is 2.43 bits per heavy atom. The van der Waals surface area contributed by atoms with Gasteiger partial charge in [0, 0.05) is 18.2 Å². The van der Waals surface area contributed by atoms with Crippen molar-refractivity contribution in [3.63, 3.8) is 0 Å². The lowest BCUT2D eigenvalue weighted by molar-refractivity contribution is -0.116. The van der Waals surface area contributed by atoms with Crippen molar-refractivity contribution in [2.45, 2.75) is 39.7 Å². The van der Waals surface area contributed by atoms with Crippen LogP contribution < -0.4 is 5.32 Å². The molecule has 0 saturated heterocycles. The molecule has 4 heteroatoms. The van der Waals surface area contributed by atoms with Crippen LogP contribution in [0.25, 0.3) is 0 Å². The van der Waals surface area contributed by atoms with E-state index in [1.807, 2.05) is 0 Å². The van der Waals surface area contributed by atoms with E-state index in [9.17, 15) is 4.79 Å². The van der Waals surface area contributed by atoms with Crippen molar-refractivity contribution in [1.29, 1.82) is 5.26 Å². The lowest BCUT2D eigenvalue weighted by Gasteiger charge is -2.27. The molecule has 1 amide bonds. The van der Waals surface area contributed by atoms with Crippen LogP contribution in [0.3, 0.4) is 0 Å². The van der Waals surface area contributed by atoms with E-state index in [0.717, 1.165) is 18.7 Å². The zero-order chi connectivity index (χ0) is 15.8. The molecular weight excluding hydrogens is 262 g/mol. The van der Waals surface area contributed by atoms with Gasteiger partial charge in [0.15, 0.2) is 0 Å². The summed E-state index contributed by atoms with van der Waals surface area (Å²) in [7, 11) is 2.10. The van der Waals surface area contributed by atoms with Gasteiger partial charge in [-0.25, -0.2) is 0 Å². The van der Waals surface area contributed by atoms with E-state index in [1.165, 1.54) is 0 Å². The molecule has 0 aliphatic heterocycles. The largest absolute Gasteiger partial charge is 0.326 e. The molecule has 0 radical (unpaired) electrons. The van der Waals surface area contributed by atoms with Gasteiger partial charge in [-0.15, -0.1) is 0 Å². The number of hydrogen-bond donors (Lipinski definition) is 1. The predicted molar refractivity (Wildman–Crippen MR) is 86.0 cm³/mol. The Labute approximate surface area is 127 Å². The lowest BCUT2D eigenvalue weighted by Crippen LogP contribution is -2.34. The summed E-state index contributed by atoms with van der Waals surface area (Å²) in [5.41, 5.74) is 1.33. The van der Waals surface area contributed by atoms with E-state index >= 15 is 0 Å². The molecule has 1 aromatic rings. The molecule has 0 saturated carbocycles. The second-order valence-electron chi connectivity index (χ2n) is 5.81. The van der Waals surface area contributed by atoms with Crippen LogP contribution in [0, 0.1) is 17.2 Å². The van der Waals surface area contributed by atoms with E-state index in [2.05, 4.69) is 44.1 Å². The van der Waals surface area contributed by atoms with Gasteiger partial charge in [-0.3, -0.25) is 4.79 Å². The number of carbonyl (C=O) groups is 1. The van der Waals surface area contributed by atoms with Crippen molar-refractivity contribution in [3.05, 3.63) is 29.8 Å². The highest BCUT2D eigenvalue weighted by atomic mass is 16.1. The smallest absolute Gasteiger partial charge is 0.224 e. The Morgan fingerprint density at radius 2 is 1.90 bits per heavy atom. The van der Waals surface area contributed by atoms with Gasteiger partial charge in [-0.05, 0) is 57.1 Å². The predicted octanol–water partition coefficient (Wildman–Crippen LogP) is 3.25. The van der Waals surface area contributed by atoms with Crippen LogP contribution in [-0.4, -0.2) is 30.4 Å². The molecule has 0 aliphatic carbocycles. The third-order valence-electron chi connectivity index (χ3n) is 3.87. The van der Waals surface area contributed by atoms with Crippen LogP contribution in [0.15, 0.2) is 24.3 Å². The number of benzene rings is 1. The van der Waals surface area contributed by atoms with Crippen molar-refractivity contribution in [1.82, 2.24) is 4.90 Å². The van der Waals surface area contributed by atoms with Crippen LogP contribution in [0.5, 0.6) is 0 Å². The third kappa shape index (κ3) is 5.97. The van der Waals surface area contributed by atoms with Crippen molar-refractivity contribution in [3.8, 4) is 6.07 Å². The minimum atomic E-state index is 0.0188. The number of nitrogens with zero attached hydrogens (tertiary/aromatic N) is 2. The van der Waals surface area contributed by atoms with E-state index in [4.69, 9.17) is 5.26 Å². The summed E-state index contributed by atoms with van der Waals surface area (Å²) in [6, 6.07) is 9.49. The van der Waals surface area contributed by atoms with Gasteiger partial charge < -0.3 is 10.2 Å². The van der Waals surface area contributed by atoms with E-state index in [-0.39, 0.29) is 5.91 Å². The number of amides is 1. The summed E-state index contributed by atoms with van der Waals surface area (Å²) in [6.07, 6.45) is 1.35. The first-order valence-corrected chi connectivity index (χ1v) is 7.44. The van der Waals surface area contributed by atoms with Gasteiger partial charge in [0.05, 0.1) is 11.6 Å². The Bertz CT molecular complexity index is 488. The van der Waals surface area contributed by atoms with Gasteiger partial charge in [0.2, 0.25) is 5.91 Å². The molecule has 0 aliphatic rings. The maximum atomic E-state index is 11.9. The second-order valence-corrected chi connectivity index (χ2v) is 5.81. The fraction of sp³-hybridized carbons (Fsp3) is 0.529. The van der Waals surface area contributed by atoms with Crippen molar-refractivity contribution < 1.29 is 4.79 Å². The number of rotatable bonds is 7. The number of hydrogen-bond acceptors (Lipinski definition) is 3. The van der Waals surface area contributed by atoms with Gasteiger partial charge in [-0.1, -0.05) is 13.8 Å². The van der Waals surface area contributed by atoms with Gasteiger partial charge in [0.25, 0.3) is 0 Å². The SMILES string of the molecule is CC(C)C(C)N(C)CCCC(=O)Nc1ccc(C#N)cc1. The minimum absolute atomic E-state index is 0.0188. The van der Waals surface area contributed by atoms with Crippen molar-refractivity contribution in [2.75, 3.05) is 18.9 Å². The van der Waals surface area contributed by atoms with Crippen LogP contribution in [0.2, 0.25) is 0 Å². The average molecular weight is 287 g/mol. The summed E-state index contributed by atoms with van der Waals surface area (Å²) in [5, 5.41) is 11.6.